The fourth-order valence-corrected chi connectivity index (χ4v) is 2.44. The van der Waals surface area contributed by atoms with E-state index in [-0.39, 0.29) is 25.5 Å². The molecule has 9 heteroatoms. The SMILES string of the molecule is [2H]C[C@H]1O[C@@H](n2ccc(=O)[nH]c2=O)[C@@H](OC)C1OC(=O)CCC(C)=O. The van der Waals surface area contributed by atoms with Gasteiger partial charge in [-0.25, -0.2) is 4.79 Å². The van der Waals surface area contributed by atoms with Gasteiger partial charge in [-0.1, -0.05) is 0 Å². The molecule has 24 heavy (non-hydrogen) atoms. The van der Waals surface area contributed by atoms with E-state index in [1.165, 1.54) is 20.2 Å². The average Bonchev–Trinajstić information content (AvgIpc) is 2.90. The molecule has 132 valence electrons. The predicted molar refractivity (Wildman–Crippen MR) is 81.5 cm³/mol. The minimum absolute atomic E-state index is 0.0540. The van der Waals surface area contributed by atoms with Crippen molar-refractivity contribution in [2.24, 2.45) is 0 Å². The third-order valence-electron chi connectivity index (χ3n) is 3.63. The summed E-state index contributed by atoms with van der Waals surface area (Å²) in [6.07, 6.45) is -2.32. The molecule has 9 nitrogen and oxygen atoms in total. The van der Waals surface area contributed by atoms with Crippen LogP contribution in [-0.2, 0) is 23.8 Å². The number of ether oxygens (including phenoxy) is 3. The van der Waals surface area contributed by atoms with Gasteiger partial charge in [-0.15, -0.1) is 0 Å². The lowest BCUT2D eigenvalue weighted by molar-refractivity contribution is -0.156. The number of esters is 1. The largest absolute Gasteiger partial charge is 0.457 e. The van der Waals surface area contributed by atoms with E-state index >= 15 is 0 Å². The first-order valence-corrected chi connectivity index (χ1v) is 7.35. The number of ketones is 1. The maximum Gasteiger partial charge on any atom is 0.330 e. The lowest BCUT2D eigenvalue weighted by atomic mass is 10.1. The summed E-state index contributed by atoms with van der Waals surface area (Å²) >= 11 is 0. The van der Waals surface area contributed by atoms with Crippen LogP contribution >= 0.6 is 0 Å². The molecular formula is C15H20N2O7. The zero-order valence-corrected chi connectivity index (χ0v) is 13.4. The van der Waals surface area contributed by atoms with E-state index in [4.69, 9.17) is 15.6 Å². The number of rotatable bonds is 6. The topological polar surface area (TPSA) is 117 Å². The van der Waals surface area contributed by atoms with Gasteiger partial charge in [-0.3, -0.25) is 19.1 Å². The summed E-state index contributed by atoms with van der Waals surface area (Å²) in [5.74, 6) is -0.753. The Morgan fingerprint density at radius 3 is 2.71 bits per heavy atom. The van der Waals surface area contributed by atoms with Crippen LogP contribution in [0.25, 0.3) is 0 Å². The molecule has 4 atom stereocenters. The van der Waals surface area contributed by atoms with Gasteiger partial charge >= 0.3 is 11.7 Å². The van der Waals surface area contributed by atoms with Crippen molar-refractivity contribution < 1.29 is 25.2 Å². The zero-order valence-electron chi connectivity index (χ0n) is 14.4. The molecule has 0 bridgehead atoms. The van der Waals surface area contributed by atoms with Crippen LogP contribution in [0.4, 0.5) is 0 Å². The first-order valence-electron chi connectivity index (χ1n) is 8.06. The molecule has 1 aliphatic rings. The van der Waals surface area contributed by atoms with E-state index in [1.54, 1.807) is 0 Å². The molecule has 0 radical (unpaired) electrons. The Hall–Kier alpha value is -2.26. The molecule has 0 spiro atoms. The average molecular weight is 341 g/mol. The van der Waals surface area contributed by atoms with Gasteiger partial charge in [0.25, 0.3) is 5.56 Å². The molecule has 0 aromatic carbocycles. The first-order chi connectivity index (χ1) is 11.9. The van der Waals surface area contributed by atoms with Gasteiger partial charge in [-0.05, 0) is 13.8 Å². The second kappa shape index (κ2) is 7.54. The highest BCUT2D eigenvalue weighted by Crippen LogP contribution is 2.32. The fraction of sp³-hybridized carbons (Fsp3) is 0.600. The van der Waals surface area contributed by atoms with E-state index in [2.05, 4.69) is 4.98 Å². The number of nitrogens with one attached hydrogen (secondary N) is 1. The highest BCUT2D eigenvalue weighted by molar-refractivity contribution is 5.81. The number of hydrogen-bond acceptors (Lipinski definition) is 7. The number of Topliss-reactive ketones (excluding diaryl/α,β-unsaturated/α-hetero) is 1. The van der Waals surface area contributed by atoms with E-state index in [0.717, 1.165) is 10.6 Å². The van der Waals surface area contributed by atoms with Crippen molar-refractivity contribution >= 4 is 11.8 Å². The Morgan fingerprint density at radius 2 is 2.12 bits per heavy atom. The minimum Gasteiger partial charge on any atom is -0.457 e. The molecule has 1 aliphatic heterocycles. The summed E-state index contributed by atoms with van der Waals surface area (Å²) in [5, 5.41) is 0. The summed E-state index contributed by atoms with van der Waals surface area (Å²) in [4.78, 5) is 48.2. The second-order valence-corrected chi connectivity index (χ2v) is 5.44. The monoisotopic (exact) mass is 341 g/mol. The van der Waals surface area contributed by atoms with Crippen molar-refractivity contribution in [2.45, 2.75) is 51.2 Å². The van der Waals surface area contributed by atoms with Crippen molar-refractivity contribution in [3.8, 4) is 0 Å². The molecule has 0 saturated carbocycles. The molecule has 1 fully saturated rings. The molecular weight excluding hydrogens is 320 g/mol. The van der Waals surface area contributed by atoms with Crippen LogP contribution in [0.3, 0.4) is 0 Å². The van der Waals surface area contributed by atoms with E-state index < -0.39 is 41.8 Å². The number of carbonyl (C=O) groups excluding carboxylic acids is 2. The second-order valence-electron chi connectivity index (χ2n) is 5.44. The van der Waals surface area contributed by atoms with Crippen molar-refractivity contribution in [1.82, 2.24) is 9.55 Å². The molecule has 1 unspecified atom stereocenters. The molecule has 0 amide bonds. The van der Waals surface area contributed by atoms with Crippen molar-refractivity contribution in [2.75, 3.05) is 7.11 Å². The maximum absolute atomic E-state index is 12.0. The third-order valence-corrected chi connectivity index (χ3v) is 3.63. The summed E-state index contributed by atoms with van der Waals surface area (Å²) in [6.45, 7) is 1.15. The molecule has 2 rings (SSSR count). The van der Waals surface area contributed by atoms with Gasteiger partial charge in [0, 0.05) is 27.2 Å². The summed E-state index contributed by atoms with van der Waals surface area (Å²) < 4.78 is 25.0. The van der Waals surface area contributed by atoms with Crippen LogP contribution < -0.4 is 11.2 Å². The lowest BCUT2D eigenvalue weighted by Gasteiger charge is -2.22. The summed E-state index contributed by atoms with van der Waals surface area (Å²) in [7, 11) is 1.36. The number of aromatic amines is 1. The van der Waals surface area contributed by atoms with Gasteiger partial charge in [0.2, 0.25) is 0 Å². The van der Waals surface area contributed by atoms with Crippen LogP contribution in [0.5, 0.6) is 0 Å². The van der Waals surface area contributed by atoms with Crippen molar-refractivity contribution in [3.63, 3.8) is 0 Å². The van der Waals surface area contributed by atoms with Crippen LogP contribution in [0, 0.1) is 0 Å². The van der Waals surface area contributed by atoms with Crippen LogP contribution in [0.15, 0.2) is 21.9 Å². The first kappa shape index (κ1) is 16.6. The van der Waals surface area contributed by atoms with E-state index in [0.29, 0.717) is 0 Å². The highest BCUT2D eigenvalue weighted by atomic mass is 16.6. The Labute approximate surface area is 138 Å². The van der Waals surface area contributed by atoms with Gasteiger partial charge < -0.3 is 19.0 Å². The molecule has 1 N–H and O–H groups in total. The predicted octanol–water partition coefficient (Wildman–Crippen LogP) is -0.250. The maximum atomic E-state index is 12.0. The summed E-state index contributed by atoms with van der Waals surface area (Å²) in [6, 6.07) is 1.15. The van der Waals surface area contributed by atoms with Gasteiger partial charge in [-0.2, -0.15) is 0 Å². The third kappa shape index (κ3) is 3.98. The molecule has 1 aromatic heterocycles. The Morgan fingerprint density at radius 1 is 1.38 bits per heavy atom. The molecule has 1 aromatic rings. The Kier molecular flexibility index (Phi) is 5.21. The standard InChI is InChI=1S/C15H20N2O7/c1-8(18)4-5-11(20)24-12-9(2)23-14(13(12)22-3)17-7-6-10(19)16-15(17)21/h6-7,9,12-14H,4-5H2,1-3H3,(H,16,19,21)/t9-,12?,13+,14-/m1/s1/i2D. The van der Waals surface area contributed by atoms with Crippen molar-refractivity contribution in [3.05, 3.63) is 33.1 Å². The van der Waals surface area contributed by atoms with E-state index in [1.807, 2.05) is 0 Å². The highest BCUT2D eigenvalue weighted by Gasteiger charge is 2.46. The number of carbonyl (C=O) groups is 2. The number of hydrogen-bond donors (Lipinski definition) is 1. The Bertz CT molecular complexity index is 744. The van der Waals surface area contributed by atoms with Crippen molar-refractivity contribution in [1.29, 1.82) is 0 Å². The molecule has 2 heterocycles. The Balaban J connectivity index is 2.22. The van der Waals surface area contributed by atoms with Crippen LogP contribution in [0.2, 0.25) is 0 Å². The number of H-pyrrole nitrogens is 1. The van der Waals surface area contributed by atoms with Gasteiger partial charge in [0.05, 0.1) is 12.5 Å². The number of aromatic nitrogens is 2. The molecule has 1 saturated heterocycles. The summed E-state index contributed by atoms with van der Waals surface area (Å²) in [5.41, 5.74) is -1.26. The number of methoxy groups -OCH3 is 1. The van der Waals surface area contributed by atoms with Gasteiger partial charge in [0.15, 0.2) is 12.3 Å². The van der Waals surface area contributed by atoms with Crippen LogP contribution in [0.1, 0.15) is 34.3 Å². The quantitative estimate of drug-likeness (QED) is 0.709. The lowest BCUT2D eigenvalue weighted by Crippen LogP contribution is -2.40. The smallest absolute Gasteiger partial charge is 0.330 e. The minimum atomic E-state index is -0.963. The fourth-order valence-electron chi connectivity index (χ4n) is 2.44. The van der Waals surface area contributed by atoms with Gasteiger partial charge in [0.1, 0.15) is 11.9 Å². The van der Waals surface area contributed by atoms with E-state index in [9.17, 15) is 19.2 Å². The molecule has 0 aliphatic carbocycles. The zero-order chi connectivity index (χ0) is 18.6. The number of nitrogens with zero attached hydrogens (tertiary/aromatic N) is 1. The van der Waals surface area contributed by atoms with Crippen LogP contribution in [-0.4, -0.2) is 46.7 Å². The normalized spacial score (nSPS) is 26.8.